The predicted octanol–water partition coefficient (Wildman–Crippen LogP) is -0.539. The molecule has 76 valence electrons. The molecule has 2 heterocycles. The number of nitrogens with zero attached hydrogens (tertiary/aromatic N) is 2. The lowest BCUT2D eigenvalue weighted by molar-refractivity contribution is 0.424. The summed E-state index contributed by atoms with van der Waals surface area (Å²) in [4.78, 5) is 8.07. The number of hydrazine groups is 1. The molecule has 2 rings (SSSR count). The van der Waals surface area contributed by atoms with Gasteiger partial charge in [0, 0.05) is 43.0 Å². The van der Waals surface area contributed by atoms with Crippen LogP contribution >= 0.6 is 0 Å². The normalized spacial score (nSPS) is 19.8. The number of aromatic nitrogens is 2. The van der Waals surface area contributed by atoms with Gasteiger partial charge in [-0.15, -0.1) is 0 Å². The van der Waals surface area contributed by atoms with Gasteiger partial charge in [-0.1, -0.05) is 0 Å². The first-order valence-electron chi connectivity index (χ1n) is 4.79. The van der Waals surface area contributed by atoms with Crippen LogP contribution in [0.5, 0.6) is 0 Å². The lowest BCUT2D eigenvalue weighted by atomic mass is 9.96. The van der Waals surface area contributed by atoms with E-state index < -0.39 is 0 Å². The average Bonchev–Trinajstić information content (AvgIpc) is 2.74. The smallest absolute Gasteiger partial charge is 0.115 e. The highest BCUT2D eigenvalue weighted by Crippen LogP contribution is 2.20. The highest BCUT2D eigenvalue weighted by atomic mass is 15.4. The Hall–Kier alpha value is -1.04. The molecule has 14 heavy (non-hydrogen) atoms. The number of hydrogen-bond acceptors (Lipinski definition) is 5. The summed E-state index contributed by atoms with van der Waals surface area (Å²) in [5.74, 6) is 0.547. The van der Waals surface area contributed by atoms with Gasteiger partial charge in [-0.25, -0.2) is 9.97 Å². The molecule has 1 aliphatic heterocycles. The van der Waals surface area contributed by atoms with Gasteiger partial charge >= 0.3 is 0 Å². The van der Waals surface area contributed by atoms with E-state index >= 15 is 0 Å². The highest BCUT2D eigenvalue weighted by Gasteiger charge is 2.24. The second-order valence-electron chi connectivity index (χ2n) is 3.46. The molecule has 0 aliphatic carbocycles. The van der Waals surface area contributed by atoms with Crippen LogP contribution in [0.4, 0.5) is 0 Å². The zero-order chi connectivity index (χ0) is 9.80. The van der Waals surface area contributed by atoms with Crippen molar-refractivity contribution in [3.8, 4) is 0 Å². The Balaban J connectivity index is 2.12. The molecule has 0 saturated carbocycles. The molecule has 0 bridgehead atoms. The summed E-state index contributed by atoms with van der Waals surface area (Å²) in [5.41, 5.74) is 7.40. The van der Waals surface area contributed by atoms with Crippen molar-refractivity contribution >= 4 is 0 Å². The van der Waals surface area contributed by atoms with Crippen molar-refractivity contribution in [3.63, 3.8) is 0 Å². The maximum atomic E-state index is 4.03. The molecular formula is C9H15N5. The van der Waals surface area contributed by atoms with Crippen molar-refractivity contribution in [1.82, 2.24) is 26.1 Å². The molecule has 1 aromatic rings. The van der Waals surface area contributed by atoms with Crippen molar-refractivity contribution in [2.45, 2.75) is 6.04 Å². The van der Waals surface area contributed by atoms with Crippen LogP contribution in [0.15, 0.2) is 18.7 Å². The van der Waals surface area contributed by atoms with E-state index in [9.17, 15) is 0 Å². The van der Waals surface area contributed by atoms with E-state index in [-0.39, 0.29) is 0 Å². The van der Waals surface area contributed by atoms with Crippen LogP contribution in [0.2, 0.25) is 0 Å². The second-order valence-corrected chi connectivity index (χ2v) is 3.46. The number of rotatable bonds is 3. The van der Waals surface area contributed by atoms with Gasteiger partial charge in [-0.05, 0) is 7.05 Å². The molecule has 1 atom stereocenters. The van der Waals surface area contributed by atoms with Crippen LogP contribution in [-0.2, 0) is 0 Å². The number of nitrogens with one attached hydrogen (secondary N) is 3. The third-order valence-corrected chi connectivity index (χ3v) is 2.58. The largest absolute Gasteiger partial charge is 0.313 e. The lowest BCUT2D eigenvalue weighted by Crippen LogP contribution is -2.28. The molecule has 0 amide bonds. The summed E-state index contributed by atoms with van der Waals surface area (Å²) in [5, 5.41) is 3.30. The van der Waals surface area contributed by atoms with E-state index in [4.69, 9.17) is 0 Å². The molecular weight excluding hydrogens is 178 g/mol. The topological polar surface area (TPSA) is 61.9 Å². The van der Waals surface area contributed by atoms with Crippen LogP contribution in [0.1, 0.15) is 11.6 Å². The minimum atomic E-state index is 0.318. The Bertz CT molecular complexity index is 270. The van der Waals surface area contributed by atoms with Gasteiger partial charge in [-0.2, -0.15) is 0 Å². The van der Waals surface area contributed by atoms with E-state index in [1.165, 1.54) is 0 Å². The monoisotopic (exact) mass is 193 g/mol. The summed E-state index contributed by atoms with van der Waals surface area (Å²) >= 11 is 0. The van der Waals surface area contributed by atoms with Crippen molar-refractivity contribution in [2.75, 3.05) is 20.1 Å². The van der Waals surface area contributed by atoms with Crippen molar-refractivity contribution in [3.05, 3.63) is 24.3 Å². The molecule has 3 N–H and O–H groups in total. The average molecular weight is 193 g/mol. The Morgan fingerprint density at radius 2 is 2.00 bits per heavy atom. The molecule has 1 unspecified atom stereocenters. The minimum Gasteiger partial charge on any atom is -0.313 e. The molecule has 5 heteroatoms. The summed E-state index contributed by atoms with van der Waals surface area (Å²) in [6, 6.07) is 0.318. The molecule has 1 fully saturated rings. The maximum Gasteiger partial charge on any atom is 0.115 e. The van der Waals surface area contributed by atoms with Crippen molar-refractivity contribution in [1.29, 1.82) is 0 Å². The fourth-order valence-corrected chi connectivity index (χ4v) is 1.86. The molecule has 0 spiro atoms. The lowest BCUT2D eigenvalue weighted by Gasteiger charge is -2.21. The minimum absolute atomic E-state index is 0.318. The van der Waals surface area contributed by atoms with E-state index in [0.29, 0.717) is 12.0 Å². The van der Waals surface area contributed by atoms with Crippen molar-refractivity contribution < 1.29 is 0 Å². The summed E-state index contributed by atoms with van der Waals surface area (Å²) < 4.78 is 0. The zero-order valence-corrected chi connectivity index (χ0v) is 8.20. The molecule has 0 radical (unpaired) electrons. The molecule has 0 aromatic carbocycles. The van der Waals surface area contributed by atoms with Gasteiger partial charge < -0.3 is 5.32 Å². The fourth-order valence-electron chi connectivity index (χ4n) is 1.86. The van der Waals surface area contributed by atoms with Gasteiger partial charge in [0.1, 0.15) is 6.33 Å². The molecule has 5 nitrogen and oxygen atoms in total. The third-order valence-electron chi connectivity index (χ3n) is 2.58. The first-order chi connectivity index (χ1) is 6.92. The van der Waals surface area contributed by atoms with Crippen LogP contribution in [0, 0.1) is 5.92 Å². The van der Waals surface area contributed by atoms with Crippen LogP contribution in [0.25, 0.3) is 0 Å². The Kier molecular flexibility index (Phi) is 3.03. The molecule has 1 aromatic heterocycles. The van der Waals surface area contributed by atoms with E-state index in [1.54, 1.807) is 6.33 Å². The first-order valence-corrected chi connectivity index (χ1v) is 4.79. The van der Waals surface area contributed by atoms with Crippen LogP contribution in [0.3, 0.4) is 0 Å². The Morgan fingerprint density at radius 3 is 2.57 bits per heavy atom. The predicted molar refractivity (Wildman–Crippen MR) is 53.3 cm³/mol. The van der Waals surface area contributed by atoms with E-state index in [0.717, 1.165) is 18.7 Å². The van der Waals surface area contributed by atoms with E-state index in [2.05, 4.69) is 26.1 Å². The van der Waals surface area contributed by atoms with Gasteiger partial charge in [0.05, 0.1) is 0 Å². The SMILES string of the molecule is CNC(c1cncnc1)C1CNNC1. The highest BCUT2D eigenvalue weighted by molar-refractivity contribution is 5.11. The Labute approximate surface area is 83.3 Å². The fraction of sp³-hybridized carbons (Fsp3) is 0.556. The van der Waals surface area contributed by atoms with Crippen LogP contribution < -0.4 is 16.2 Å². The number of hydrogen-bond donors (Lipinski definition) is 3. The van der Waals surface area contributed by atoms with Gasteiger partial charge in [0.25, 0.3) is 0 Å². The quantitative estimate of drug-likeness (QED) is 0.602. The van der Waals surface area contributed by atoms with Crippen LogP contribution in [-0.4, -0.2) is 30.1 Å². The molecule has 1 aliphatic rings. The van der Waals surface area contributed by atoms with Crippen molar-refractivity contribution in [2.24, 2.45) is 5.92 Å². The maximum absolute atomic E-state index is 4.03. The second kappa shape index (κ2) is 4.45. The van der Waals surface area contributed by atoms with E-state index in [1.807, 2.05) is 19.4 Å². The van der Waals surface area contributed by atoms with Gasteiger partial charge in [0.2, 0.25) is 0 Å². The van der Waals surface area contributed by atoms with Gasteiger partial charge in [0.15, 0.2) is 0 Å². The zero-order valence-electron chi connectivity index (χ0n) is 8.20. The first kappa shape index (κ1) is 9.51. The summed E-state index contributed by atoms with van der Waals surface area (Å²) in [7, 11) is 1.97. The summed E-state index contributed by atoms with van der Waals surface area (Å²) in [6.07, 6.45) is 5.29. The Morgan fingerprint density at radius 1 is 1.36 bits per heavy atom. The summed E-state index contributed by atoms with van der Waals surface area (Å²) in [6.45, 7) is 1.95. The van der Waals surface area contributed by atoms with Gasteiger partial charge in [-0.3, -0.25) is 10.9 Å². The third kappa shape index (κ3) is 1.89. The molecule has 1 saturated heterocycles. The standard InChI is InChI=1S/C9H15N5/c1-10-9(8-4-13-14-5-8)7-2-11-6-12-3-7/h2-3,6,8-10,13-14H,4-5H2,1H3.